The van der Waals surface area contributed by atoms with Crippen molar-refractivity contribution in [2.75, 3.05) is 13.1 Å². The fourth-order valence-corrected chi connectivity index (χ4v) is 1.83. The number of hydrogen-bond acceptors (Lipinski definition) is 3. The molecule has 1 aliphatic rings. The van der Waals surface area contributed by atoms with Gasteiger partial charge in [0.2, 0.25) is 5.91 Å². The Balaban J connectivity index is 2.54. The Labute approximate surface area is 91.4 Å². The van der Waals surface area contributed by atoms with Gasteiger partial charge in [0.15, 0.2) is 0 Å². The van der Waals surface area contributed by atoms with E-state index in [0.29, 0.717) is 19.5 Å². The highest BCUT2D eigenvalue weighted by molar-refractivity contribution is 5.82. The van der Waals surface area contributed by atoms with Crippen LogP contribution in [0.25, 0.3) is 0 Å². The summed E-state index contributed by atoms with van der Waals surface area (Å²) in [6.07, 6.45) is 0.391. The van der Waals surface area contributed by atoms with Crippen molar-refractivity contribution in [3.8, 4) is 0 Å². The van der Waals surface area contributed by atoms with Crippen LogP contribution in [0.2, 0.25) is 0 Å². The van der Waals surface area contributed by atoms with Gasteiger partial charge in [-0.3, -0.25) is 4.79 Å². The predicted octanol–water partition coefficient (Wildman–Crippen LogP) is 0.199. The summed E-state index contributed by atoms with van der Waals surface area (Å²) in [5.41, 5.74) is 5.82. The zero-order valence-electron chi connectivity index (χ0n) is 9.81. The SMILES string of the molecule is CC(C)C(N)C(=O)N1CCC(O)C(C)C1. The molecular weight excluding hydrogens is 192 g/mol. The number of carbonyl (C=O) groups excluding carboxylic acids is 1. The second-order valence-corrected chi connectivity index (χ2v) is 4.89. The molecule has 1 amide bonds. The molecule has 4 heteroatoms. The average Bonchev–Trinajstić information content (AvgIpc) is 2.19. The Kier molecular flexibility index (Phi) is 4.11. The third-order valence-corrected chi connectivity index (χ3v) is 3.18. The number of piperidine rings is 1. The van der Waals surface area contributed by atoms with Gasteiger partial charge in [-0.05, 0) is 18.3 Å². The summed E-state index contributed by atoms with van der Waals surface area (Å²) in [5, 5.41) is 9.56. The molecule has 15 heavy (non-hydrogen) atoms. The quantitative estimate of drug-likeness (QED) is 0.690. The molecule has 4 nitrogen and oxygen atoms in total. The zero-order chi connectivity index (χ0) is 11.6. The third-order valence-electron chi connectivity index (χ3n) is 3.18. The molecule has 3 atom stereocenters. The van der Waals surface area contributed by atoms with Crippen LogP contribution in [0.15, 0.2) is 0 Å². The van der Waals surface area contributed by atoms with Gasteiger partial charge in [-0.25, -0.2) is 0 Å². The average molecular weight is 214 g/mol. The minimum Gasteiger partial charge on any atom is -0.393 e. The summed E-state index contributed by atoms with van der Waals surface area (Å²) < 4.78 is 0. The van der Waals surface area contributed by atoms with Crippen molar-refractivity contribution < 1.29 is 9.90 Å². The van der Waals surface area contributed by atoms with E-state index in [1.54, 1.807) is 4.90 Å². The number of likely N-dealkylation sites (tertiary alicyclic amines) is 1. The van der Waals surface area contributed by atoms with Gasteiger partial charge in [0.25, 0.3) is 0 Å². The number of rotatable bonds is 2. The van der Waals surface area contributed by atoms with E-state index in [1.165, 1.54) is 0 Å². The summed E-state index contributed by atoms with van der Waals surface area (Å²) in [5.74, 6) is 0.338. The molecule has 0 aromatic heterocycles. The second kappa shape index (κ2) is 4.94. The molecule has 0 aromatic carbocycles. The lowest BCUT2D eigenvalue weighted by Gasteiger charge is -2.36. The van der Waals surface area contributed by atoms with Gasteiger partial charge in [0.1, 0.15) is 0 Å². The largest absolute Gasteiger partial charge is 0.393 e. The summed E-state index contributed by atoms with van der Waals surface area (Å²) in [4.78, 5) is 13.7. The van der Waals surface area contributed by atoms with E-state index in [9.17, 15) is 9.90 Å². The highest BCUT2D eigenvalue weighted by Crippen LogP contribution is 2.17. The van der Waals surface area contributed by atoms with Gasteiger partial charge in [-0.1, -0.05) is 20.8 Å². The molecule has 1 aliphatic heterocycles. The maximum absolute atomic E-state index is 11.9. The topological polar surface area (TPSA) is 66.6 Å². The highest BCUT2D eigenvalue weighted by atomic mass is 16.3. The van der Waals surface area contributed by atoms with Gasteiger partial charge >= 0.3 is 0 Å². The van der Waals surface area contributed by atoms with E-state index in [2.05, 4.69) is 0 Å². The van der Waals surface area contributed by atoms with Crippen molar-refractivity contribution in [2.45, 2.75) is 39.3 Å². The van der Waals surface area contributed by atoms with Crippen molar-refractivity contribution >= 4 is 5.91 Å². The lowest BCUT2D eigenvalue weighted by molar-refractivity contribution is -0.137. The van der Waals surface area contributed by atoms with Gasteiger partial charge in [-0.15, -0.1) is 0 Å². The standard InChI is InChI=1S/C11H22N2O2/c1-7(2)10(12)11(15)13-5-4-9(14)8(3)6-13/h7-10,14H,4-6,12H2,1-3H3. The van der Waals surface area contributed by atoms with E-state index in [0.717, 1.165) is 0 Å². The minimum absolute atomic E-state index is 0.0174. The fourth-order valence-electron chi connectivity index (χ4n) is 1.83. The van der Waals surface area contributed by atoms with Crippen LogP contribution in [-0.2, 0) is 4.79 Å². The lowest BCUT2D eigenvalue weighted by atomic mass is 9.95. The van der Waals surface area contributed by atoms with Crippen LogP contribution in [0, 0.1) is 11.8 Å². The maximum atomic E-state index is 11.9. The number of hydrogen-bond donors (Lipinski definition) is 2. The molecule has 0 bridgehead atoms. The Morgan fingerprint density at radius 1 is 1.53 bits per heavy atom. The van der Waals surface area contributed by atoms with Crippen LogP contribution in [-0.4, -0.2) is 41.1 Å². The summed E-state index contributed by atoms with van der Waals surface area (Å²) >= 11 is 0. The number of carbonyl (C=O) groups is 1. The van der Waals surface area contributed by atoms with Crippen LogP contribution in [0.3, 0.4) is 0 Å². The molecule has 0 saturated carbocycles. The summed E-state index contributed by atoms with van der Waals surface area (Å²) in [6.45, 7) is 7.12. The third kappa shape index (κ3) is 2.92. The Morgan fingerprint density at radius 2 is 2.13 bits per heavy atom. The number of nitrogens with two attached hydrogens (primary N) is 1. The van der Waals surface area contributed by atoms with Gasteiger partial charge < -0.3 is 15.7 Å². The Hall–Kier alpha value is -0.610. The van der Waals surface area contributed by atoms with Crippen LogP contribution >= 0.6 is 0 Å². The van der Waals surface area contributed by atoms with Crippen molar-refractivity contribution in [3.63, 3.8) is 0 Å². The lowest BCUT2D eigenvalue weighted by Crippen LogP contribution is -2.52. The van der Waals surface area contributed by atoms with Crippen molar-refractivity contribution in [1.29, 1.82) is 0 Å². The summed E-state index contributed by atoms with van der Waals surface area (Å²) in [7, 11) is 0. The molecule has 1 heterocycles. The first-order valence-corrected chi connectivity index (χ1v) is 5.66. The first-order valence-electron chi connectivity index (χ1n) is 5.66. The van der Waals surface area contributed by atoms with E-state index in [-0.39, 0.29) is 23.8 Å². The zero-order valence-corrected chi connectivity index (χ0v) is 9.81. The van der Waals surface area contributed by atoms with E-state index < -0.39 is 6.04 Å². The molecule has 3 N–H and O–H groups in total. The molecular formula is C11H22N2O2. The van der Waals surface area contributed by atoms with Crippen LogP contribution in [0.1, 0.15) is 27.2 Å². The molecule has 0 aromatic rings. The highest BCUT2D eigenvalue weighted by Gasteiger charge is 2.30. The molecule has 0 spiro atoms. The molecule has 0 aliphatic carbocycles. The number of aliphatic hydroxyl groups is 1. The predicted molar refractivity (Wildman–Crippen MR) is 59.2 cm³/mol. The smallest absolute Gasteiger partial charge is 0.239 e. The van der Waals surface area contributed by atoms with Gasteiger partial charge in [0.05, 0.1) is 12.1 Å². The molecule has 1 rings (SSSR count). The van der Waals surface area contributed by atoms with Crippen LogP contribution in [0.4, 0.5) is 0 Å². The van der Waals surface area contributed by atoms with Crippen molar-refractivity contribution in [1.82, 2.24) is 4.90 Å². The monoisotopic (exact) mass is 214 g/mol. The molecule has 3 unspecified atom stereocenters. The molecule has 1 saturated heterocycles. The Morgan fingerprint density at radius 3 is 2.60 bits per heavy atom. The molecule has 1 fully saturated rings. The first-order chi connectivity index (χ1) is 6.93. The van der Waals surface area contributed by atoms with Crippen LogP contribution < -0.4 is 5.73 Å². The van der Waals surface area contributed by atoms with Gasteiger partial charge in [0, 0.05) is 13.1 Å². The summed E-state index contributed by atoms with van der Waals surface area (Å²) in [6, 6.07) is -0.410. The molecule has 0 radical (unpaired) electrons. The van der Waals surface area contributed by atoms with Crippen molar-refractivity contribution in [2.24, 2.45) is 17.6 Å². The minimum atomic E-state index is -0.410. The van der Waals surface area contributed by atoms with Crippen LogP contribution in [0.5, 0.6) is 0 Å². The number of nitrogens with zero attached hydrogens (tertiary/aromatic N) is 1. The van der Waals surface area contributed by atoms with Gasteiger partial charge in [-0.2, -0.15) is 0 Å². The van der Waals surface area contributed by atoms with E-state index >= 15 is 0 Å². The number of amides is 1. The normalized spacial score (nSPS) is 29.3. The van der Waals surface area contributed by atoms with Crippen molar-refractivity contribution in [3.05, 3.63) is 0 Å². The Bertz CT molecular complexity index is 231. The molecule has 88 valence electrons. The second-order valence-electron chi connectivity index (χ2n) is 4.89. The van der Waals surface area contributed by atoms with E-state index in [4.69, 9.17) is 5.73 Å². The number of aliphatic hydroxyl groups excluding tert-OH is 1. The van der Waals surface area contributed by atoms with E-state index in [1.807, 2.05) is 20.8 Å². The maximum Gasteiger partial charge on any atom is 0.239 e. The first kappa shape index (κ1) is 12.5. The fraction of sp³-hybridized carbons (Fsp3) is 0.909.